The molecule has 1 rings (SSSR count). The van der Waals surface area contributed by atoms with Crippen molar-refractivity contribution >= 4 is 5.78 Å². The van der Waals surface area contributed by atoms with E-state index in [4.69, 9.17) is 4.74 Å². The van der Waals surface area contributed by atoms with Gasteiger partial charge in [0.2, 0.25) is 0 Å². The number of rotatable bonds is 6. The molecule has 82 valence electrons. The fourth-order valence-corrected chi connectivity index (χ4v) is 1.40. The van der Waals surface area contributed by atoms with Crippen LogP contribution in [0.1, 0.15) is 24.5 Å². The minimum absolute atomic E-state index is 0.151. The first kappa shape index (κ1) is 11.9. The number of hydrogen-bond donors (Lipinski definition) is 0. The first-order chi connectivity index (χ1) is 7.24. The second kappa shape index (κ2) is 6.36. The van der Waals surface area contributed by atoms with E-state index in [1.165, 1.54) is 5.56 Å². The Morgan fingerprint density at radius 3 is 2.73 bits per heavy atom. The third-order valence-corrected chi connectivity index (χ3v) is 2.26. The summed E-state index contributed by atoms with van der Waals surface area (Å²) in [5.41, 5.74) is 2.27. The molecule has 2 heteroatoms. The molecule has 0 saturated heterocycles. The van der Waals surface area contributed by atoms with Gasteiger partial charge in [0.05, 0.1) is 0 Å². The van der Waals surface area contributed by atoms with Gasteiger partial charge in [-0.1, -0.05) is 31.2 Å². The largest absolute Gasteiger partial charge is 0.374 e. The lowest BCUT2D eigenvalue weighted by atomic mass is 10.0. The van der Waals surface area contributed by atoms with Crippen LogP contribution in [0.2, 0.25) is 0 Å². The topological polar surface area (TPSA) is 26.3 Å². The lowest BCUT2D eigenvalue weighted by Crippen LogP contribution is -2.12. The van der Waals surface area contributed by atoms with Crippen molar-refractivity contribution < 1.29 is 9.53 Å². The summed E-state index contributed by atoms with van der Waals surface area (Å²) >= 11 is 0. The summed E-state index contributed by atoms with van der Waals surface area (Å²) < 4.78 is 5.21. The van der Waals surface area contributed by atoms with Crippen LogP contribution in [0, 0.1) is 6.92 Å². The van der Waals surface area contributed by atoms with Crippen LogP contribution >= 0.6 is 0 Å². The summed E-state index contributed by atoms with van der Waals surface area (Å²) in [5.74, 6) is 0.151. The number of ether oxygens (including phenoxy) is 1. The van der Waals surface area contributed by atoms with Crippen LogP contribution in [0.5, 0.6) is 0 Å². The highest BCUT2D eigenvalue weighted by atomic mass is 16.5. The van der Waals surface area contributed by atoms with Gasteiger partial charge in [-0.15, -0.1) is 0 Å². The van der Waals surface area contributed by atoms with Gasteiger partial charge in [0.1, 0.15) is 6.61 Å². The van der Waals surface area contributed by atoms with E-state index in [9.17, 15) is 4.79 Å². The molecule has 0 bridgehead atoms. The molecule has 1 aromatic carbocycles. The second-order valence-corrected chi connectivity index (χ2v) is 3.69. The fourth-order valence-electron chi connectivity index (χ4n) is 1.40. The fraction of sp³-hybridized carbons (Fsp3) is 0.462. The maximum atomic E-state index is 11.5. The third kappa shape index (κ3) is 4.26. The van der Waals surface area contributed by atoms with Crippen molar-refractivity contribution in [3.63, 3.8) is 0 Å². The van der Waals surface area contributed by atoms with Crippen molar-refractivity contribution in [1.29, 1.82) is 0 Å². The molecule has 0 spiro atoms. The molecule has 0 radical (unpaired) electrons. The van der Waals surface area contributed by atoms with E-state index in [1.807, 2.05) is 38.1 Å². The Labute approximate surface area is 91.3 Å². The van der Waals surface area contributed by atoms with Crippen LogP contribution < -0.4 is 0 Å². The van der Waals surface area contributed by atoms with E-state index in [2.05, 4.69) is 0 Å². The zero-order valence-electron chi connectivity index (χ0n) is 9.45. The van der Waals surface area contributed by atoms with E-state index < -0.39 is 0 Å². The molecule has 0 unspecified atom stereocenters. The Morgan fingerprint density at radius 1 is 1.33 bits per heavy atom. The lowest BCUT2D eigenvalue weighted by molar-refractivity contribution is -0.122. The van der Waals surface area contributed by atoms with Gasteiger partial charge >= 0.3 is 0 Å². The summed E-state index contributed by atoms with van der Waals surface area (Å²) in [6, 6.07) is 7.96. The number of carbonyl (C=O) groups is 1. The molecule has 2 nitrogen and oxygen atoms in total. The van der Waals surface area contributed by atoms with Gasteiger partial charge in [-0.3, -0.25) is 4.79 Å². The lowest BCUT2D eigenvalue weighted by Gasteiger charge is -2.05. The molecule has 0 saturated carbocycles. The van der Waals surface area contributed by atoms with Gasteiger partial charge in [0.15, 0.2) is 5.78 Å². The predicted octanol–water partition coefficient (Wildman–Crippen LogP) is 2.53. The van der Waals surface area contributed by atoms with Crippen LogP contribution in [0.25, 0.3) is 0 Å². The monoisotopic (exact) mass is 206 g/mol. The highest BCUT2D eigenvalue weighted by Crippen LogP contribution is 2.07. The van der Waals surface area contributed by atoms with Gasteiger partial charge in [0.25, 0.3) is 0 Å². The van der Waals surface area contributed by atoms with Crippen LogP contribution in [-0.4, -0.2) is 19.0 Å². The van der Waals surface area contributed by atoms with Gasteiger partial charge in [0, 0.05) is 13.0 Å². The molecule has 15 heavy (non-hydrogen) atoms. The average molecular weight is 206 g/mol. The molecule has 0 aliphatic heterocycles. The predicted molar refractivity (Wildman–Crippen MR) is 61.0 cm³/mol. The SMILES string of the molecule is CCCOCC(=O)Cc1ccccc1C. The standard InChI is InChI=1S/C13H18O2/c1-3-8-15-10-13(14)9-12-7-5-4-6-11(12)2/h4-7H,3,8-10H2,1-2H3. The number of hydrogen-bond acceptors (Lipinski definition) is 2. The number of Topliss-reactive ketones (excluding diaryl/α,β-unsaturated/α-hetero) is 1. The molecule has 1 aromatic rings. The molecular weight excluding hydrogens is 188 g/mol. The van der Waals surface area contributed by atoms with E-state index in [-0.39, 0.29) is 12.4 Å². The van der Waals surface area contributed by atoms with Gasteiger partial charge in [-0.2, -0.15) is 0 Å². The van der Waals surface area contributed by atoms with E-state index in [1.54, 1.807) is 0 Å². The Balaban J connectivity index is 2.41. The Bertz CT molecular complexity index is 318. The van der Waals surface area contributed by atoms with Crippen molar-refractivity contribution in [2.24, 2.45) is 0 Å². The molecule has 0 N–H and O–H groups in total. The summed E-state index contributed by atoms with van der Waals surface area (Å²) in [4.78, 5) is 11.5. The highest BCUT2D eigenvalue weighted by molar-refractivity contribution is 5.82. The van der Waals surface area contributed by atoms with Gasteiger partial charge in [-0.25, -0.2) is 0 Å². The van der Waals surface area contributed by atoms with Gasteiger partial charge in [-0.05, 0) is 24.5 Å². The second-order valence-electron chi connectivity index (χ2n) is 3.69. The molecular formula is C13H18O2. The van der Waals surface area contributed by atoms with Crippen molar-refractivity contribution in [1.82, 2.24) is 0 Å². The Morgan fingerprint density at radius 2 is 2.07 bits per heavy atom. The van der Waals surface area contributed by atoms with E-state index in [0.29, 0.717) is 13.0 Å². The Hall–Kier alpha value is -1.15. The first-order valence-corrected chi connectivity index (χ1v) is 5.38. The minimum atomic E-state index is 0.151. The molecule has 0 aliphatic carbocycles. The van der Waals surface area contributed by atoms with Crippen molar-refractivity contribution in [3.05, 3.63) is 35.4 Å². The first-order valence-electron chi connectivity index (χ1n) is 5.38. The van der Waals surface area contributed by atoms with E-state index in [0.717, 1.165) is 12.0 Å². The normalized spacial score (nSPS) is 10.3. The van der Waals surface area contributed by atoms with Crippen LogP contribution in [-0.2, 0) is 16.0 Å². The molecule has 0 fully saturated rings. The summed E-state index contributed by atoms with van der Waals surface area (Å²) in [5, 5.41) is 0. The summed E-state index contributed by atoms with van der Waals surface area (Å²) in [6.07, 6.45) is 1.44. The molecule has 0 atom stereocenters. The van der Waals surface area contributed by atoms with Crippen LogP contribution in [0.4, 0.5) is 0 Å². The third-order valence-electron chi connectivity index (χ3n) is 2.26. The smallest absolute Gasteiger partial charge is 0.162 e. The maximum absolute atomic E-state index is 11.5. The van der Waals surface area contributed by atoms with Crippen molar-refractivity contribution in [2.75, 3.05) is 13.2 Å². The minimum Gasteiger partial charge on any atom is -0.374 e. The van der Waals surface area contributed by atoms with Crippen LogP contribution in [0.3, 0.4) is 0 Å². The van der Waals surface area contributed by atoms with Gasteiger partial charge < -0.3 is 4.74 Å². The quantitative estimate of drug-likeness (QED) is 0.668. The molecule has 0 aromatic heterocycles. The number of carbonyl (C=O) groups excluding carboxylic acids is 1. The zero-order valence-corrected chi connectivity index (χ0v) is 9.45. The highest BCUT2D eigenvalue weighted by Gasteiger charge is 2.05. The van der Waals surface area contributed by atoms with Crippen LogP contribution in [0.15, 0.2) is 24.3 Å². The van der Waals surface area contributed by atoms with E-state index >= 15 is 0 Å². The number of ketones is 1. The maximum Gasteiger partial charge on any atom is 0.162 e. The average Bonchev–Trinajstić information content (AvgIpc) is 2.22. The van der Waals surface area contributed by atoms with Crippen molar-refractivity contribution in [3.8, 4) is 0 Å². The molecule has 0 amide bonds. The summed E-state index contributed by atoms with van der Waals surface area (Å²) in [6.45, 7) is 4.96. The zero-order chi connectivity index (χ0) is 11.1. The molecule has 0 heterocycles. The number of benzene rings is 1. The molecule has 0 aliphatic rings. The van der Waals surface area contributed by atoms with Crippen molar-refractivity contribution in [2.45, 2.75) is 26.7 Å². The number of aryl methyl sites for hydroxylation is 1. The summed E-state index contributed by atoms with van der Waals surface area (Å²) in [7, 11) is 0. The Kier molecular flexibility index (Phi) is 5.05.